The molecular formula is C18H23N3O2. The summed E-state index contributed by atoms with van der Waals surface area (Å²) >= 11 is 0. The van der Waals surface area contributed by atoms with E-state index in [1.807, 2.05) is 13.1 Å². The van der Waals surface area contributed by atoms with E-state index in [0.717, 1.165) is 36.6 Å². The van der Waals surface area contributed by atoms with Gasteiger partial charge in [0, 0.05) is 25.5 Å². The Morgan fingerprint density at radius 1 is 1.22 bits per heavy atom. The van der Waals surface area contributed by atoms with Crippen LogP contribution >= 0.6 is 0 Å². The first-order valence-electron chi connectivity index (χ1n) is 7.76. The fraction of sp³-hybridized carbons (Fsp3) is 0.333. The van der Waals surface area contributed by atoms with Gasteiger partial charge in [-0.15, -0.1) is 0 Å². The molecule has 0 saturated heterocycles. The lowest BCUT2D eigenvalue weighted by atomic mass is 10.2. The van der Waals surface area contributed by atoms with Crippen LogP contribution in [0.1, 0.15) is 30.1 Å². The summed E-state index contributed by atoms with van der Waals surface area (Å²) in [5.41, 5.74) is 1.26. The summed E-state index contributed by atoms with van der Waals surface area (Å²) in [6.45, 7) is 3.12. The molecule has 0 fully saturated rings. The maximum absolute atomic E-state index is 12.2. The Kier molecular flexibility index (Phi) is 5.97. The van der Waals surface area contributed by atoms with Crippen LogP contribution in [-0.4, -0.2) is 31.6 Å². The number of hydrogen-bond acceptors (Lipinski definition) is 4. The molecule has 0 atom stereocenters. The molecule has 1 aromatic carbocycles. The van der Waals surface area contributed by atoms with Crippen molar-refractivity contribution in [3.05, 3.63) is 48.2 Å². The van der Waals surface area contributed by atoms with Crippen molar-refractivity contribution in [1.82, 2.24) is 4.98 Å². The number of anilines is 2. The molecule has 1 amide bonds. The highest BCUT2D eigenvalue weighted by molar-refractivity contribution is 6.04. The Balaban J connectivity index is 1.99. The topological polar surface area (TPSA) is 54.5 Å². The normalized spacial score (nSPS) is 10.2. The average molecular weight is 313 g/mol. The third-order valence-corrected chi connectivity index (χ3v) is 3.60. The lowest BCUT2D eigenvalue weighted by Gasteiger charge is -2.17. The predicted octanol–water partition coefficient (Wildman–Crippen LogP) is 3.58. The highest BCUT2D eigenvalue weighted by Crippen LogP contribution is 2.16. The number of ether oxygens (including phenoxy) is 1. The standard InChI is InChI=1S/C18H23N3O2/c1-4-5-12-21(2)17-11-6-14(13-19-17)18(22)20-15-7-9-16(23-3)10-8-15/h6-11,13H,4-5,12H2,1-3H3,(H,20,22). The molecule has 0 aliphatic heterocycles. The minimum atomic E-state index is -0.176. The molecule has 23 heavy (non-hydrogen) atoms. The van der Waals surface area contributed by atoms with Gasteiger partial charge in [0.15, 0.2) is 0 Å². The molecule has 1 aromatic heterocycles. The number of nitrogens with zero attached hydrogens (tertiary/aromatic N) is 2. The lowest BCUT2D eigenvalue weighted by molar-refractivity contribution is 0.102. The van der Waals surface area contributed by atoms with Crippen LogP contribution in [0.25, 0.3) is 0 Å². The zero-order chi connectivity index (χ0) is 16.7. The van der Waals surface area contributed by atoms with Gasteiger partial charge in [0.2, 0.25) is 0 Å². The van der Waals surface area contributed by atoms with Gasteiger partial charge in [0.25, 0.3) is 5.91 Å². The number of carbonyl (C=O) groups excluding carboxylic acids is 1. The van der Waals surface area contributed by atoms with Crippen molar-refractivity contribution in [2.45, 2.75) is 19.8 Å². The lowest BCUT2D eigenvalue weighted by Crippen LogP contribution is -2.20. The zero-order valence-corrected chi connectivity index (χ0v) is 13.9. The second kappa shape index (κ2) is 8.17. The van der Waals surface area contributed by atoms with E-state index in [2.05, 4.69) is 22.1 Å². The molecule has 0 saturated carbocycles. The fourth-order valence-electron chi connectivity index (χ4n) is 2.13. The van der Waals surface area contributed by atoms with E-state index in [0.29, 0.717) is 5.56 Å². The molecule has 0 spiro atoms. The summed E-state index contributed by atoms with van der Waals surface area (Å²) in [5, 5.41) is 2.84. The fourth-order valence-corrected chi connectivity index (χ4v) is 2.13. The van der Waals surface area contributed by atoms with Crippen molar-refractivity contribution >= 4 is 17.4 Å². The van der Waals surface area contributed by atoms with Crippen molar-refractivity contribution in [3.63, 3.8) is 0 Å². The van der Waals surface area contributed by atoms with Gasteiger partial charge >= 0.3 is 0 Å². The van der Waals surface area contributed by atoms with E-state index in [-0.39, 0.29) is 5.91 Å². The zero-order valence-electron chi connectivity index (χ0n) is 13.9. The molecule has 5 heteroatoms. The van der Waals surface area contributed by atoms with Gasteiger partial charge in [-0.2, -0.15) is 0 Å². The van der Waals surface area contributed by atoms with Gasteiger partial charge in [-0.25, -0.2) is 4.98 Å². The van der Waals surface area contributed by atoms with Crippen LogP contribution in [0.4, 0.5) is 11.5 Å². The largest absolute Gasteiger partial charge is 0.497 e. The Bertz CT molecular complexity index is 624. The van der Waals surface area contributed by atoms with E-state index in [9.17, 15) is 4.79 Å². The van der Waals surface area contributed by atoms with Gasteiger partial charge in [-0.05, 0) is 42.8 Å². The van der Waals surface area contributed by atoms with Gasteiger partial charge in [-0.3, -0.25) is 4.79 Å². The van der Waals surface area contributed by atoms with Crippen LogP contribution in [0.15, 0.2) is 42.6 Å². The quantitative estimate of drug-likeness (QED) is 0.849. The maximum atomic E-state index is 12.2. The Hall–Kier alpha value is -2.56. The highest BCUT2D eigenvalue weighted by Gasteiger charge is 2.08. The van der Waals surface area contributed by atoms with Crippen molar-refractivity contribution in [2.24, 2.45) is 0 Å². The number of aromatic nitrogens is 1. The van der Waals surface area contributed by atoms with E-state index < -0.39 is 0 Å². The van der Waals surface area contributed by atoms with Crippen molar-refractivity contribution in [3.8, 4) is 5.75 Å². The SMILES string of the molecule is CCCCN(C)c1ccc(C(=O)Nc2ccc(OC)cc2)cn1. The molecule has 1 heterocycles. The number of benzene rings is 1. The first-order chi connectivity index (χ1) is 11.1. The average Bonchev–Trinajstić information content (AvgIpc) is 2.60. The van der Waals surface area contributed by atoms with Crippen LogP contribution in [0, 0.1) is 0 Å². The first kappa shape index (κ1) is 16.8. The number of pyridine rings is 1. The number of nitrogens with one attached hydrogen (secondary N) is 1. The Morgan fingerprint density at radius 2 is 1.96 bits per heavy atom. The molecule has 5 nitrogen and oxygen atoms in total. The van der Waals surface area contributed by atoms with Crippen LogP contribution in [0.2, 0.25) is 0 Å². The summed E-state index contributed by atoms with van der Waals surface area (Å²) in [5.74, 6) is 1.45. The van der Waals surface area contributed by atoms with Gasteiger partial charge in [0.1, 0.15) is 11.6 Å². The summed E-state index contributed by atoms with van der Waals surface area (Å²) in [6, 6.07) is 10.9. The third-order valence-electron chi connectivity index (χ3n) is 3.60. The smallest absolute Gasteiger partial charge is 0.257 e. The first-order valence-corrected chi connectivity index (χ1v) is 7.76. The molecule has 2 rings (SSSR count). The summed E-state index contributed by atoms with van der Waals surface area (Å²) < 4.78 is 5.09. The van der Waals surface area contributed by atoms with Crippen LogP contribution < -0.4 is 15.0 Å². The Labute approximate surface area is 137 Å². The van der Waals surface area contributed by atoms with E-state index >= 15 is 0 Å². The number of carbonyl (C=O) groups is 1. The van der Waals surface area contributed by atoms with Crippen LogP contribution in [-0.2, 0) is 0 Å². The number of rotatable bonds is 7. The van der Waals surface area contributed by atoms with Crippen molar-refractivity contribution in [1.29, 1.82) is 0 Å². The summed E-state index contributed by atoms with van der Waals surface area (Å²) in [7, 11) is 3.62. The van der Waals surface area contributed by atoms with E-state index in [4.69, 9.17) is 4.74 Å². The Morgan fingerprint density at radius 3 is 2.52 bits per heavy atom. The summed E-state index contributed by atoms with van der Waals surface area (Å²) in [6.07, 6.45) is 3.88. The number of methoxy groups -OCH3 is 1. The maximum Gasteiger partial charge on any atom is 0.257 e. The molecular weight excluding hydrogens is 290 g/mol. The van der Waals surface area contributed by atoms with Crippen LogP contribution in [0.5, 0.6) is 5.75 Å². The number of amides is 1. The highest BCUT2D eigenvalue weighted by atomic mass is 16.5. The molecule has 0 radical (unpaired) electrons. The number of hydrogen-bond donors (Lipinski definition) is 1. The van der Waals surface area contributed by atoms with Crippen molar-refractivity contribution in [2.75, 3.05) is 30.9 Å². The third kappa shape index (κ3) is 4.71. The van der Waals surface area contributed by atoms with Crippen molar-refractivity contribution < 1.29 is 9.53 Å². The molecule has 0 aliphatic rings. The molecule has 0 bridgehead atoms. The second-order valence-electron chi connectivity index (χ2n) is 5.36. The monoisotopic (exact) mass is 313 g/mol. The second-order valence-corrected chi connectivity index (χ2v) is 5.36. The summed E-state index contributed by atoms with van der Waals surface area (Å²) in [4.78, 5) is 18.7. The van der Waals surface area contributed by atoms with E-state index in [1.54, 1.807) is 43.6 Å². The molecule has 122 valence electrons. The molecule has 0 unspecified atom stereocenters. The minimum Gasteiger partial charge on any atom is -0.497 e. The van der Waals surface area contributed by atoms with Gasteiger partial charge in [0.05, 0.1) is 12.7 Å². The van der Waals surface area contributed by atoms with Crippen LogP contribution in [0.3, 0.4) is 0 Å². The molecule has 2 aromatic rings. The minimum absolute atomic E-state index is 0.176. The predicted molar refractivity (Wildman–Crippen MR) is 93.4 cm³/mol. The number of unbranched alkanes of at least 4 members (excludes halogenated alkanes) is 1. The molecule has 0 aliphatic carbocycles. The van der Waals surface area contributed by atoms with Gasteiger partial charge < -0.3 is 15.0 Å². The molecule has 1 N–H and O–H groups in total. The van der Waals surface area contributed by atoms with E-state index in [1.165, 1.54) is 0 Å². The van der Waals surface area contributed by atoms with Gasteiger partial charge in [-0.1, -0.05) is 13.3 Å².